The Bertz CT molecular complexity index is 426. The molecular weight excluding hydrogens is 256 g/mol. The second-order valence-electron chi connectivity index (χ2n) is 5.20. The molecule has 1 saturated heterocycles. The average molecular weight is 280 g/mol. The van der Waals surface area contributed by atoms with E-state index < -0.39 is 0 Å². The summed E-state index contributed by atoms with van der Waals surface area (Å²) in [5.41, 5.74) is 0. The van der Waals surface area contributed by atoms with E-state index in [2.05, 4.69) is 22.3 Å². The molecule has 1 aromatic rings. The summed E-state index contributed by atoms with van der Waals surface area (Å²) in [6.45, 7) is 7.45. The molecular formula is C13H24N6O. The molecule has 7 nitrogen and oxygen atoms in total. The Labute approximate surface area is 119 Å². The first-order valence-corrected chi connectivity index (χ1v) is 7.24. The lowest BCUT2D eigenvalue weighted by Crippen LogP contribution is -2.49. The third-order valence-corrected chi connectivity index (χ3v) is 3.42. The number of hydrogen-bond acceptors (Lipinski definition) is 5. The molecule has 7 heteroatoms. The van der Waals surface area contributed by atoms with Crippen molar-refractivity contribution in [2.45, 2.75) is 26.4 Å². The van der Waals surface area contributed by atoms with Gasteiger partial charge in [0, 0.05) is 32.7 Å². The number of aryl methyl sites for hydroxylation is 1. The van der Waals surface area contributed by atoms with Gasteiger partial charge < -0.3 is 10.2 Å². The van der Waals surface area contributed by atoms with Crippen LogP contribution in [0, 0.1) is 0 Å². The first-order chi connectivity index (χ1) is 9.70. The Morgan fingerprint density at radius 3 is 2.90 bits per heavy atom. The van der Waals surface area contributed by atoms with Crippen LogP contribution in [0.3, 0.4) is 0 Å². The molecule has 0 bridgehead atoms. The van der Waals surface area contributed by atoms with E-state index in [1.807, 2.05) is 21.5 Å². The predicted molar refractivity (Wildman–Crippen MR) is 76.1 cm³/mol. The largest absolute Gasteiger partial charge is 0.339 e. The Balaban J connectivity index is 1.83. The number of piperazine rings is 1. The highest BCUT2D eigenvalue weighted by molar-refractivity contribution is 5.78. The summed E-state index contributed by atoms with van der Waals surface area (Å²) in [6.07, 6.45) is 2.61. The van der Waals surface area contributed by atoms with Crippen LogP contribution >= 0.6 is 0 Å². The third-order valence-electron chi connectivity index (χ3n) is 3.42. The summed E-state index contributed by atoms with van der Waals surface area (Å²) < 4.78 is 1.91. The lowest BCUT2D eigenvalue weighted by molar-refractivity contribution is -0.132. The fourth-order valence-electron chi connectivity index (χ4n) is 2.35. The van der Waals surface area contributed by atoms with Gasteiger partial charge >= 0.3 is 0 Å². The van der Waals surface area contributed by atoms with Gasteiger partial charge in [-0.05, 0) is 13.5 Å². The van der Waals surface area contributed by atoms with Crippen molar-refractivity contribution in [1.82, 2.24) is 29.9 Å². The molecule has 0 aromatic carbocycles. The quantitative estimate of drug-likeness (QED) is 0.765. The van der Waals surface area contributed by atoms with E-state index in [0.717, 1.165) is 45.0 Å². The number of amides is 1. The molecule has 2 rings (SSSR count). The summed E-state index contributed by atoms with van der Waals surface area (Å²) in [5, 5.41) is 7.45. The van der Waals surface area contributed by atoms with Crippen LogP contribution in [0.4, 0.5) is 0 Å². The molecule has 2 heterocycles. The van der Waals surface area contributed by atoms with E-state index in [1.165, 1.54) is 0 Å². The molecule has 1 amide bonds. The second-order valence-corrected chi connectivity index (χ2v) is 5.20. The van der Waals surface area contributed by atoms with Crippen molar-refractivity contribution in [1.29, 1.82) is 0 Å². The summed E-state index contributed by atoms with van der Waals surface area (Å²) in [7, 11) is 1.95. The van der Waals surface area contributed by atoms with Crippen molar-refractivity contribution in [3.05, 3.63) is 12.2 Å². The summed E-state index contributed by atoms with van der Waals surface area (Å²) in [6, 6.07) is 0. The monoisotopic (exact) mass is 280 g/mol. The molecule has 20 heavy (non-hydrogen) atoms. The van der Waals surface area contributed by atoms with E-state index in [9.17, 15) is 4.79 Å². The predicted octanol–water partition coefficient (Wildman–Crippen LogP) is -0.448. The van der Waals surface area contributed by atoms with Gasteiger partial charge in [-0.15, -0.1) is 0 Å². The van der Waals surface area contributed by atoms with Gasteiger partial charge in [0.05, 0.1) is 13.1 Å². The molecule has 1 aliphatic rings. The number of hydrogen-bond donors (Lipinski definition) is 1. The summed E-state index contributed by atoms with van der Waals surface area (Å²) in [4.78, 5) is 20.4. The van der Waals surface area contributed by atoms with E-state index in [-0.39, 0.29) is 5.91 Å². The van der Waals surface area contributed by atoms with Gasteiger partial charge in [0.15, 0.2) is 0 Å². The van der Waals surface area contributed by atoms with Crippen LogP contribution in [0.2, 0.25) is 0 Å². The van der Waals surface area contributed by atoms with Crippen LogP contribution in [-0.4, -0.2) is 70.2 Å². The molecule has 1 N–H and O–H groups in total. The van der Waals surface area contributed by atoms with E-state index in [4.69, 9.17) is 0 Å². The highest BCUT2D eigenvalue weighted by Crippen LogP contribution is 2.02. The number of rotatable bonds is 6. The molecule has 1 aromatic heterocycles. The van der Waals surface area contributed by atoms with Crippen LogP contribution in [0.25, 0.3) is 0 Å². The first kappa shape index (κ1) is 14.9. The Hall–Kier alpha value is -1.47. The van der Waals surface area contributed by atoms with Gasteiger partial charge in [-0.25, -0.2) is 9.67 Å². The molecule has 0 atom stereocenters. The SMILES string of the molecule is CCCn1ncnc1CN(C)CC(=O)N1CCNCC1. The number of likely N-dealkylation sites (N-methyl/N-ethyl adjacent to an activating group) is 1. The number of nitrogens with one attached hydrogen (secondary N) is 1. The highest BCUT2D eigenvalue weighted by atomic mass is 16.2. The fraction of sp³-hybridized carbons (Fsp3) is 0.769. The minimum Gasteiger partial charge on any atom is -0.339 e. The normalized spacial score (nSPS) is 15.8. The lowest BCUT2D eigenvalue weighted by atomic mass is 10.3. The summed E-state index contributed by atoms with van der Waals surface area (Å²) in [5.74, 6) is 1.11. The molecule has 1 fully saturated rings. The van der Waals surface area contributed by atoms with Crippen LogP contribution < -0.4 is 5.32 Å². The smallest absolute Gasteiger partial charge is 0.236 e. The zero-order valence-corrected chi connectivity index (χ0v) is 12.4. The maximum absolute atomic E-state index is 12.2. The maximum atomic E-state index is 12.2. The number of carbonyl (C=O) groups is 1. The maximum Gasteiger partial charge on any atom is 0.236 e. The van der Waals surface area contributed by atoms with Crippen molar-refractivity contribution in [3.63, 3.8) is 0 Å². The van der Waals surface area contributed by atoms with Gasteiger partial charge in [0.1, 0.15) is 12.2 Å². The standard InChI is InChI=1S/C13H24N6O/c1-3-6-19-12(15-11-16-19)9-17(2)10-13(20)18-7-4-14-5-8-18/h11,14H,3-10H2,1-2H3. The van der Waals surface area contributed by atoms with Crippen LogP contribution in [0.1, 0.15) is 19.2 Å². The topological polar surface area (TPSA) is 66.3 Å². The van der Waals surface area contributed by atoms with Crippen LogP contribution in [0.15, 0.2) is 6.33 Å². The molecule has 1 aliphatic heterocycles. The number of aromatic nitrogens is 3. The van der Waals surface area contributed by atoms with Gasteiger partial charge in [-0.1, -0.05) is 6.92 Å². The molecule has 0 radical (unpaired) electrons. The van der Waals surface area contributed by atoms with Crippen molar-refractivity contribution in [2.24, 2.45) is 0 Å². The van der Waals surface area contributed by atoms with Gasteiger partial charge in [0.25, 0.3) is 0 Å². The van der Waals surface area contributed by atoms with Gasteiger partial charge in [0.2, 0.25) is 5.91 Å². The van der Waals surface area contributed by atoms with Crippen molar-refractivity contribution >= 4 is 5.91 Å². The fourth-order valence-corrected chi connectivity index (χ4v) is 2.35. The molecule has 0 aliphatic carbocycles. The Kier molecular flexibility index (Phi) is 5.49. The minimum absolute atomic E-state index is 0.190. The zero-order chi connectivity index (χ0) is 14.4. The van der Waals surface area contributed by atoms with E-state index in [0.29, 0.717) is 13.1 Å². The molecule has 0 unspecified atom stereocenters. The lowest BCUT2D eigenvalue weighted by Gasteiger charge is -2.29. The first-order valence-electron chi connectivity index (χ1n) is 7.24. The van der Waals surface area contributed by atoms with Gasteiger partial charge in [-0.3, -0.25) is 9.69 Å². The molecule has 112 valence electrons. The average Bonchev–Trinajstić information content (AvgIpc) is 2.87. The number of carbonyl (C=O) groups excluding carboxylic acids is 1. The number of nitrogens with zero attached hydrogens (tertiary/aromatic N) is 5. The zero-order valence-electron chi connectivity index (χ0n) is 12.4. The molecule has 0 saturated carbocycles. The minimum atomic E-state index is 0.190. The van der Waals surface area contributed by atoms with Crippen molar-refractivity contribution < 1.29 is 4.79 Å². The summed E-state index contributed by atoms with van der Waals surface area (Å²) >= 11 is 0. The van der Waals surface area contributed by atoms with Crippen molar-refractivity contribution in [2.75, 3.05) is 39.8 Å². The molecule has 0 spiro atoms. The van der Waals surface area contributed by atoms with Gasteiger partial charge in [-0.2, -0.15) is 5.10 Å². The Morgan fingerprint density at radius 1 is 1.45 bits per heavy atom. The van der Waals surface area contributed by atoms with Crippen LogP contribution in [-0.2, 0) is 17.9 Å². The second kappa shape index (κ2) is 7.35. The van der Waals surface area contributed by atoms with Crippen molar-refractivity contribution in [3.8, 4) is 0 Å². The van der Waals surface area contributed by atoms with E-state index >= 15 is 0 Å². The Morgan fingerprint density at radius 2 is 2.20 bits per heavy atom. The van der Waals surface area contributed by atoms with E-state index in [1.54, 1.807) is 6.33 Å². The highest BCUT2D eigenvalue weighted by Gasteiger charge is 2.18. The van der Waals surface area contributed by atoms with Crippen LogP contribution in [0.5, 0.6) is 0 Å². The third kappa shape index (κ3) is 4.01.